The summed E-state index contributed by atoms with van der Waals surface area (Å²) in [5, 5.41) is 2.98. The Balaban J connectivity index is 1.54. The molecule has 0 aliphatic heterocycles. The maximum atomic E-state index is 11.5. The Labute approximate surface area is 215 Å². The molecule has 0 atom stereocenters. The number of hydrogen-bond acceptors (Lipinski definition) is 2. The number of para-hydroxylation sites is 2. The van der Waals surface area contributed by atoms with Crippen LogP contribution in [0.25, 0.3) is 11.0 Å². The highest BCUT2D eigenvalue weighted by Gasteiger charge is 2.10. The molecule has 1 amide bonds. The molecule has 1 aromatic heterocycles. The summed E-state index contributed by atoms with van der Waals surface area (Å²) in [5.74, 6) is 1.30. The van der Waals surface area contributed by atoms with Gasteiger partial charge in [0.15, 0.2) is 0 Å². The van der Waals surface area contributed by atoms with Crippen molar-refractivity contribution in [2.24, 2.45) is 0 Å². The number of benzene rings is 1. The Morgan fingerprint density at radius 1 is 0.743 bits per heavy atom. The lowest BCUT2D eigenvalue weighted by atomic mass is 10.0. The lowest BCUT2D eigenvalue weighted by Gasteiger charge is -2.10. The molecule has 0 fully saturated rings. The van der Waals surface area contributed by atoms with Gasteiger partial charge in [-0.2, -0.15) is 0 Å². The molecular formula is C31H53N3O. The molecule has 0 unspecified atom stereocenters. The number of hydrogen-bond donors (Lipinski definition) is 1. The molecule has 0 saturated heterocycles. The number of carbonyl (C=O) groups is 1. The molecule has 1 N–H and O–H groups in total. The second-order valence-corrected chi connectivity index (χ2v) is 10.3. The molecule has 198 valence electrons. The Hall–Kier alpha value is -1.84. The standard InChI is InChI=1S/C31H53N3O/c1-3-5-6-7-8-9-10-11-12-13-14-15-16-17-18-21-27-34-29-24-20-19-23-28(29)33-30(34)25-22-26-32-31(35)4-2/h19-20,23-24H,3-18,21-22,25-27H2,1-2H3,(H,32,35). The molecule has 1 heterocycles. The summed E-state index contributed by atoms with van der Waals surface area (Å²) in [5.41, 5.74) is 2.35. The number of nitrogens with zero attached hydrogens (tertiary/aromatic N) is 2. The Morgan fingerprint density at radius 3 is 1.86 bits per heavy atom. The minimum absolute atomic E-state index is 0.131. The van der Waals surface area contributed by atoms with Crippen molar-refractivity contribution in [1.29, 1.82) is 0 Å². The van der Waals surface area contributed by atoms with E-state index in [2.05, 4.69) is 41.1 Å². The van der Waals surface area contributed by atoms with E-state index in [1.165, 1.54) is 108 Å². The van der Waals surface area contributed by atoms with Gasteiger partial charge in [-0.15, -0.1) is 0 Å². The van der Waals surface area contributed by atoms with Crippen LogP contribution >= 0.6 is 0 Å². The fraction of sp³-hybridized carbons (Fsp3) is 0.742. The van der Waals surface area contributed by atoms with Crippen molar-refractivity contribution in [2.45, 2.75) is 142 Å². The molecule has 2 aromatic rings. The average molecular weight is 484 g/mol. The first-order valence-corrected chi connectivity index (χ1v) is 15.0. The molecule has 35 heavy (non-hydrogen) atoms. The van der Waals surface area contributed by atoms with Gasteiger partial charge in [-0.1, -0.05) is 122 Å². The molecule has 0 bridgehead atoms. The third-order valence-corrected chi connectivity index (χ3v) is 7.19. The highest BCUT2D eigenvalue weighted by Crippen LogP contribution is 2.19. The zero-order valence-electron chi connectivity index (χ0n) is 23.0. The molecule has 0 aliphatic rings. The number of fused-ring (bicyclic) bond motifs is 1. The van der Waals surface area contributed by atoms with Crippen molar-refractivity contribution in [3.63, 3.8) is 0 Å². The van der Waals surface area contributed by atoms with Crippen molar-refractivity contribution in [1.82, 2.24) is 14.9 Å². The quantitative estimate of drug-likeness (QED) is 0.170. The summed E-state index contributed by atoms with van der Waals surface area (Å²) >= 11 is 0. The van der Waals surface area contributed by atoms with Gasteiger partial charge in [0.2, 0.25) is 5.91 Å². The Morgan fingerprint density at radius 2 is 1.29 bits per heavy atom. The predicted octanol–water partition coefficient (Wildman–Crippen LogP) is 8.76. The van der Waals surface area contributed by atoms with Crippen molar-refractivity contribution < 1.29 is 4.79 Å². The summed E-state index contributed by atoms with van der Waals surface area (Å²) in [7, 11) is 0. The molecule has 2 rings (SSSR count). The van der Waals surface area contributed by atoms with Crippen molar-refractivity contribution in [3.05, 3.63) is 30.1 Å². The second-order valence-electron chi connectivity index (χ2n) is 10.3. The van der Waals surface area contributed by atoms with Gasteiger partial charge >= 0.3 is 0 Å². The minimum Gasteiger partial charge on any atom is -0.356 e. The zero-order valence-corrected chi connectivity index (χ0v) is 23.0. The number of nitrogens with one attached hydrogen (secondary N) is 1. The van der Waals surface area contributed by atoms with E-state index in [9.17, 15) is 4.79 Å². The normalized spacial score (nSPS) is 11.4. The molecule has 1 aromatic carbocycles. The number of carbonyl (C=O) groups excluding carboxylic acids is 1. The molecule has 4 heteroatoms. The molecule has 0 radical (unpaired) electrons. The van der Waals surface area contributed by atoms with E-state index in [0.717, 1.165) is 37.3 Å². The maximum absolute atomic E-state index is 11.5. The Bertz CT molecular complexity index is 798. The van der Waals surface area contributed by atoms with Gasteiger partial charge in [-0.25, -0.2) is 4.98 Å². The van der Waals surface area contributed by atoms with Crippen LogP contribution in [0.4, 0.5) is 0 Å². The fourth-order valence-electron chi connectivity index (χ4n) is 4.98. The third kappa shape index (κ3) is 12.6. The second kappa shape index (κ2) is 19.4. The van der Waals surface area contributed by atoms with Crippen LogP contribution in [0.15, 0.2) is 24.3 Å². The lowest BCUT2D eigenvalue weighted by Crippen LogP contribution is -2.23. The van der Waals surface area contributed by atoms with Gasteiger partial charge < -0.3 is 9.88 Å². The summed E-state index contributed by atoms with van der Waals surface area (Å²) in [6.45, 7) is 5.97. The van der Waals surface area contributed by atoms with Crippen LogP contribution in [0.2, 0.25) is 0 Å². The van der Waals surface area contributed by atoms with Crippen molar-refractivity contribution >= 4 is 16.9 Å². The molecular weight excluding hydrogens is 430 g/mol. The van der Waals surface area contributed by atoms with Gasteiger partial charge in [0, 0.05) is 25.9 Å². The largest absolute Gasteiger partial charge is 0.356 e. The zero-order chi connectivity index (χ0) is 25.0. The molecule has 0 saturated carbocycles. The number of rotatable bonds is 22. The van der Waals surface area contributed by atoms with Gasteiger partial charge in [0.05, 0.1) is 11.0 Å². The SMILES string of the molecule is CCCCCCCCCCCCCCCCCCn1c(CCCNC(=O)CC)nc2ccccc21. The summed E-state index contributed by atoms with van der Waals surface area (Å²) in [6, 6.07) is 8.48. The fourth-order valence-corrected chi connectivity index (χ4v) is 4.98. The van der Waals surface area contributed by atoms with E-state index in [-0.39, 0.29) is 5.91 Å². The van der Waals surface area contributed by atoms with Crippen LogP contribution in [0.3, 0.4) is 0 Å². The first-order chi connectivity index (χ1) is 17.3. The van der Waals surface area contributed by atoms with Crippen LogP contribution in [0, 0.1) is 0 Å². The van der Waals surface area contributed by atoms with E-state index >= 15 is 0 Å². The molecule has 0 aliphatic carbocycles. The first kappa shape index (κ1) is 29.4. The Kier molecular flexibility index (Phi) is 16.3. The minimum atomic E-state index is 0.131. The maximum Gasteiger partial charge on any atom is 0.219 e. The number of unbranched alkanes of at least 4 members (excludes halogenated alkanes) is 15. The number of aromatic nitrogens is 2. The lowest BCUT2D eigenvalue weighted by molar-refractivity contribution is -0.120. The predicted molar refractivity (Wildman–Crippen MR) is 151 cm³/mol. The third-order valence-electron chi connectivity index (χ3n) is 7.19. The molecule has 4 nitrogen and oxygen atoms in total. The van der Waals surface area contributed by atoms with Crippen LogP contribution in [0.1, 0.15) is 135 Å². The van der Waals surface area contributed by atoms with Crippen LogP contribution in [-0.2, 0) is 17.8 Å². The van der Waals surface area contributed by atoms with Gasteiger partial charge in [0.1, 0.15) is 5.82 Å². The smallest absolute Gasteiger partial charge is 0.219 e. The number of amides is 1. The summed E-state index contributed by atoms with van der Waals surface area (Å²) < 4.78 is 2.42. The van der Waals surface area contributed by atoms with E-state index < -0.39 is 0 Å². The summed E-state index contributed by atoms with van der Waals surface area (Å²) in [4.78, 5) is 16.4. The van der Waals surface area contributed by atoms with Gasteiger partial charge in [0.25, 0.3) is 0 Å². The van der Waals surface area contributed by atoms with Crippen molar-refractivity contribution in [3.8, 4) is 0 Å². The first-order valence-electron chi connectivity index (χ1n) is 15.0. The molecule has 0 spiro atoms. The van der Waals surface area contributed by atoms with E-state index in [0.29, 0.717) is 6.42 Å². The number of aryl methyl sites for hydroxylation is 2. The monoisotopic (exact) mass is 483 g/mol. The van der Waals surface area contributed by atoms with E-state index in [1.54, 1.807) is 0 Å². The van der Waals surface area contributed by atoms with Crippen molar-refractivity contribution in [2.75, 3.05) is 6.54 Å². The highest BCUT2D eigenvalue weighted by molar-refractivity contribution is 5.76. The summed E-state index contributed by atoms with van der Waals surface area (Å²) in [6.07, 6.45) is 24.8. The van der Waals surface area contributed by atoms with Crippen LogP contribution in [0.5, 0.6) is 0 Å². The average Bonchev–Trinajstić information content (AvgIpc) is 3.23. The highest BCUT2D eigenvalue weighted by atomic mass is 16.1. The van der Waals surface area contributed by atoms with Gasteiger partial charge in [-0.3, -0.25) is 4.79 Å². The van der Waals surface area contributed by atoms with E-state index in [1.807, 2.05) is 6.92 Å². The van der Waals surface area contributed by atoms with E-state index in [4.69, 9.17) is 4.98 Å². The number of imidazole rings is 1. The van der Waals surface area contributed by atoms with Gasteiger partial charge in [-0.05, 0) is 25.0 Å². The van der Waals surface area contributed by atoms with Crippen LogP contribution in [-0.4, -0.2) is 22.0 Å². The topological polar surface area (TPSA) is 46.9 Å². The van der Waals surface area contributed by atoms with Crippen LogP contribution < -0.4 is 5.32 Å².